The third-order valence-electron chi connectivity index (χ3n) is 4.60. The Morgan fingerprint density at radius 3 is 2.73 bits per heavy atom. The van der Waals surface area contributed by atoms with E-state index < -0.39 is 5.82 Å². The highest BCUT2D eigenvalue weighted by Crippen LogP contribution is 2.22. The molecule has 2 aromatic heterocycles. The van der Waals surface area contributed by atoms with Gasteiger partial charge >= 0.3 is 0 Å². The molecule has 1 saturated heterocycles. The van der Waals surface area contributed by atoms with Crippen LogP contribution in [0.2, 0.25) is 0 Å². The summed E-state index contributed by atoms with van der Waals surface area (Å²) in [6.07, 6.45) is 4.76. The van der Waals surface area contributed by atoms with E-state index in [-0.39, 0.29) is 24.2 Å². The van der Waals surface area contributed by atoms with Crippen LogP contribution in [0.25, 0.3) is 0 Å². The molecule has 3 heterocycles. The number of nitrogens with zero attached hydrogens (tertiary/aromatic N) is 4. The van der Waals surface area contributed by atoms with Crippen molar-refractivity contribution in [3.8, 4) is 0 Å². The first-order chi connectivity index (χ1) is 14.7. The molecule has 154 valence electrons. The Balaban J connectivity index is 1.33. The van der Waals surface area contributed by atoms with Crippen LogP contribution in [0.1, 0.15) is 11.8 Å². The number of halogens is 1. The number of amides is 1. The zero-order valence-electron chi connectivity index (χ0n) is 16.2. The molecule has 1 atom stereocenters. The van der Waals surface area contributed by atoms with Crippen molar-refractivity contribution in [1.82, 2.24) is 19.9 Å². The minimum atomic E-state index is -0.454. The minimum Gasteiger partial charge on any atom is -0.369 e. The molecule has 0 radical (unpaired) electrons. The van der Waals surface area contributed by atoms with Crippen molar-refractivity contribution in [1.29, 1.82) is 0 Å². The van der Waals surface area contributed by atoms with Crippen molar-refractivity contribution in [3.63, 3.8) is 0 Å². The first kappa shape index (κ1) is 19.9. The highest BCUT2D eigenvalue weighted by atomic mass is 19.1. The summed E-state index contributed by atoms with van der Waals surface area (Å²) >= 11 is 0. The summed E-state index contributed by atoms with van der Waals surface area (Å²) in [5, 5.41) is 5.69. The Hall–Kier alpha value is -3.43. The van der Waals surface area contributed by atoms with Crippen molar-refractivity contribution in [2.45, 2.75) is 6.10 Å². The number of pyridine rings is 1. The van der Waals surface area contributed by atoms with Crippen molar-refractivity contribution >= 4 is 23.2 Å². The lowest BCUT2D eigenvalue weighted by atomic mass is 10.2. The highest BCUT2D eigenvalue weighted by molar-refractivity contribution is 5.92. The van der Waals surface area contributed by atoms with Crippen LogP contribution < -0.4 is 10.6 Å². The number of nitrogens with one attached hydrogen (secondary N) is 2. The van der Waals surface area contributed by atoms with E-state index in [9.17, 15) is 9.18 Å². The summed E-state index contributed by atoms with van der Waals surface area (Å²) in [6.45, 7) is 1.77. The van der Waals surface area contributed by atoms with Crippen LogP contribution in [0.5, 0.6) is 0 Å². The number of hydrogen-bond acceptors (Lipinski definition) is 7. The van der Waals surface area contributed by atoms with Crippen LogP contribution in [-0.4, -0.2) is 52.0 Å². The molecule has 1 aromatic carbocycles. The fourth-order valence-electron chi connectivity index (χ4n) is 3.14. The topological polar surface area (TPSA) is 92.3 Å². The molecule has 2 N–H and O–H groups in total. The Labute approximate surface area is 173 Å². The molecule has 8 nitrogen and oxygen atoms in total. The number of morpholine rings is 1. The number of anilines is 3. The molecule has 4 rings (SSSR count). The zero-order chi connectivity index (χ0) is 20.8. The van der Waals surface area contributed by atoms with Gasteiger partial charge in [-0.05, 0) is 30.3 Å². The van der Waals surface area contributed by atoms with E-state index in [1.54, 1.807) is 36.8 Å². The van der Waals surface area contributed by atoms with Crippen molar-refractivity contribution < 1.29 is 13.9 Å². The monoisotopic (exact) mass is 408 g/mol. The van der Waals surface area contributed by atoms with Gasteiger partial charge in [-0.25, -0.2) is 14.4 Å². The van der Waals surface area contributed by atoms with Gasteiger partial charge in [0.2, 0.25) is 11.9 Å². The highest BCUT2D eigenvalue weighted by Gasteiger charge is 2.24. The molecule has 1 aliphatic heterocycles. The van der Waals surface area contributed by atoms with Gasteiger partial charge in [-0.1, -0.05) is 12.1 Å². The first-order valence-corrected chi connectivity index (χ1v) is 9.56. The lowest BCUT2D eigenvalue weighted by Crippen LogP contribution is -2.42. The predicted octanol–water partition coefficient (Wildman–Crippen LogP) is 2.77. The Morgan fingerprint density at radius 2 is 1.97 bits per heavy atom. The van der Waals surface area contributed by atoms with E-state index in [4.69, 9.17) is 4.74 Å². The van der Waals surface area contributed by atoms with Crippen LogP contribution in [0.15, 0.2) is 61.1 Å². The molecule has 1 aliphatic rings. The van der Waals surface area contributed by atoms with Crippen molar-refractivity contribution in [3.05, 3.63) is 72.6 Å². The second-order valence-electron chi connectivity index (χ2n) is 6.79. The Morgan fingerprint density at radius 1 is 1.13 bits per heavy atom. The summed E-state index contributed by atoms with van der Waals surface area (Å²) in [7, 11) is 0. The number of carbonyl (C=O) groups is 1. The number of rotatable bonds is 6. The van der Waals surface area contributed by atoms with E-state index in [1.165, 1.54) is 12.1 Å². The van der Waals surface area contributed by atoms with E-state index in [1.807, 2.05) is 17.0 Å². The molecule has 0 saturated carbocycles. The molecule has 0 unspecified atom stereocenters. The predicted molar refractivity (Wildman–Crippen MR) is 110 cm³/mol. The average molecular weight is 408 g/mol. The van der Waals surface area contributed by atoms with Gasteiger partial charge in [0, 0.05) is 25.5 Å². The van der Waals surface area contributed by atoms with Crippen LogP contribution in [-0.2, 0) is 9.53 Å². The third-order valence-corrected chi connectivity index (χ3v) is 4.60. The molecule has 9 heteroatoms. The maximum atomic E-state index is 13.7. The van der Waals surface area contributed by atoms with Gasteiger partial charge in [-0.15, -0.1) is 0 Å². The zero-order valence-corrected chi connectivity index (χ0v) is 16.2. The van der Waals surface area contributed by atoms with Gasteiger partial charge in [0.05, 0.1) is 36.4 Å². The second kappa shape index (κ2) is 9.38. The Bertz CT molecular complexity index is 986. The smallest absolute Gasteiger partial charge is 0.238 e. The second-order valence-corrected chi connectivity index (χ2v) is 6.79. The summed E-state index contributed by atoms with van der Waals surface area (Å²) in [5.41, 5.74) is 1.72. The van der Waals surface area contributed by atoms with Gasteiger partial charge in [0.25, 0.3) is 0 Å². The molecule has 30 heavy (non-hydrogen) atoms. The number of benzene rings is 1. The van der Waals surface area contributed by atoms with Crippen LogP contribution >= 0.6 is 0 Å². The number of carbonyl (C=O) groups excluding carboxylic acids is 1. The summed E-state index contributed by atoms with van der Waals surface area (Å²) in [6, 6.07) is 11.6. The Kier molecular flexibility index (Phi) is 6.21. The largest absolute Gasteiger partial charge is 0.369 e. The minimum absolute atomic E-state index is 0.152. The van der Waals surface area contributed by atoms with Gasteiger partial charge < -0.3 is 15.4 Å². The number of hydrogen-bond donors (Lipinski definition) is 2. The van der Waals surface area contributed by atoms with Crippen LogP contribution in [0.3, 0.4) is 0 Å². The lowest BCUT2D eigenvalue weighted by molar-refractivity contribution is -0.119. The van der Waals surface area contributed by atoms with Gasteiger partial charge in [-0.2, -0.15) is 0 Å². The van der Waals surface area contributed by atoms with E-state index in [0.29, 0.717) is 25.6 Å². The average Bonchev–Trinajstić information content (AvgIpc) is 2.77. The fraction of sp³-hybridized carbons (Fsp3) is 0.238. The standard InChI is InChI=1S/C21H21FN6O2/c22-16-4-1-2-5-17(16)27-20(29)14-28-10-11-30-19(13-28)18-7-6-15(12-25-18)26-21-23-8-3-9-24-21/h1-9,12,19H,10-11,13-14H2,(H,27,29)(H,23,24,26)/t19-/m1/s1. The van der Waals surface area contributed by atoms with Gasteiger partial charge in [-0.3, -0.25) is 14.7 Å². The SMILES string of the molecule is O=C(CN1CCO[C@@H](c2ccc(Nc3ncccn3)cn2)C1)Nc1ccccc1F. The maximum absolute atomic E-state index is 13.7. The first-order valence-electron chi connectivity index (χ1n) is 9.56. The molecular weight excluding hydrogens is 387 g/mol. The van der Waals surface area contributed by atoms with E-state index >= 15 is 0 Å². The lowest BCUT2D eigenvalue weighted by Gasteiger charge is -2.32. The summed E-state index contributed by atoms with van der Waals surface area (Å²) in [5.74, 6) is -0.228. The van der Waals surface area contributed by atoms with Crippen LogP contribution in [0, 0.1) is 5.82 Å². The molecule has 0 spiro atoms. The van der Waals surface area contributed by atoms with E-state index in [2.05, 4.69) is 25.6 Å². The molecule has 1 fully saturated rings. The molecule has 0 bridgehead atoms. The number of para-hydroxylation sites is 1. The van der Waals surface area contributed by atoms with Crippen molar-refractivity contribution in [2.24, 2.45) is 0 Å². The van der Waals surface area contributed by atoms with Gasteiger partial charge in [0.15, 0.2) is 0 Å². The molecule has 0 aliphatic carbocycles. The molecular formula is C21H21FN6O2. The number of ether oxygens (including phenoxy) is 1. The quantitative estimate of drug-likeness (QED) is 0.648. The fourth-order valence-corrected chi connectivity index (χ4v) is 3.14. The molecule has 3 aromatic rings. The van der Waals surface area contributed by atoms with E-state index in [0.717, 1.165) is 11.4 Å². The third kappa shape index (κ3) is 5.13. The van der Waals surface area contributed by atoms with Gasteiger partial charge in [0.1, 0.15) is 11.9 Å². The normalized spacial score (nSPS) is 16.8. The van der Waals surface area contributed by atoms with Crippen molar-refractivity contribution in [2.75, 3.05) is 36.9 Å². The summed E-state index contributed by atoms with van der Waals surface area (Å²) < 4.78 is 19.5. The molecule has 1 amide bonds. The number of aromatic nitrogens is 3. The summed E-state index contributed by atoms with van der Waals surface area (Å²) in [4.78, 5) is 27.0. The van der Waals surface area contributed by atoms with Crippen LogP contribution in [0.4, 0.5) is 21.7 Å². The maximum Gasteiger partial charge on any atom is 0.238 e.